The van der Waals surface area contributed by atoms with Gasteiger partial charge in [-0.05, 0) is 41.6 Å². The van der Waals surface area contributed by atoms with Crippen molar-refractivity contribution in [1.82, 2.24) is 20.5 Å². The number of methoxy groups -OCH3 is 4. The van der Waals surface area contributed by atoms with Crippen molar-refractivity contribution in [2.24, 2.45) is 5.92 Å². The maximum absolute atomic E-state index is 14.5. The molecule has 278 valence electrons. The molecule has 15 heteroatoms. The van der Waals surface area contributed by atoms with E-state index in [2.05, 4.69) is 20.5 Å². The molecule has 2 aliphatic rings. The van der Waals surface area contributed by atoms with Gasteiger partial charge in [0, 0.05) is 48.3 Å². The lowest BCUT2D eigenvalue weighted by molar-refractivity contribution is -0.122. The molecule has 3 N–H and O–H groups in total. The number of halogens is 1. The summed E-state index contributed by atoms with van der Waals surface area (Å²) in [5.41, 5.74) is -0.884. The fourth-order valence-electron chi connectivity index (χ4n) is 6.90. The van der Waals surface area contributed by atoms with Crippen molar-refractivity contribution in [3.8, 4) is 23.0 Å². The van der Waals surface area contributed by atoms with E-state index in [1.165, 1.54) is 39.2 Å². The minimum absolute atomic E-state index is 0.0146. The summed E-state index contributed by atoms with van der Waals surface area (Å²) < 4.78 is 27.8. The van der Waals surface area contributed by atoms with Crippen LogP contribution in [0.25, 0.3) is 0 Å². The van der Waals surface area contributed by atoms with E-state index >= 15 is 0 Å². The van der Waals surface area contributed by atoms with Gasteiger partial charge in [0.15, 0.2) is 28.9 Å². The second kappa shape index (κ2) is 15.5. The topological polar surface area (TPSA) is 171 Å². The third-order valence-corrected chi connectivity index (χ3v) is 10.7. The number of allylic oxidation sites excluding steroid dienone is 1. The van der Waals surface area contributed by atoms with Crippen molar-refractivity contribution in [1.29, 1.82) is 0 Å². The van der Waals surface area contributed by atoms with E-state index in [1.807, 2.05) is 18.4 Å². The summed E-state index contributed by atoms with van der Waals surface area (Å²) in [6.07, 6.45) is 1.47. The first kappa shape index (κ1) is 37.7. The normalized spacial score (nSPS) is 19.1. The van der Waals surface area contributed by atoms with Crippen LogP contribution in [0.5, 0.6) is 23.0 Å². The van der Waals surface area contributed by atoms with Crippen LogP contribution in [0.3, 0.4) is 0 Å². The molecule has 0 fully saturated rings. The number of aliphatic hydroxyl groups is 1. The Morgan fingerprint density at radius 3 is 2.36 bits per heavy atom. The van der Waals surface area contributed by atoms with Crippen molar-refractivity contribution in [2.45, 2.75) is 48.8 Å². The molecule has 0 saturated heterocycles. The lowest BCUT2D eigenvalue weighted by Gasteiger charge is -2.38. The minimum atomic E-state index is -2.02. The maximum Gasteiger partial charge on any atom is 0.231 e. The zero-order chi connectivity index (χ0) is 38.0. The van der Waals surface area contributed by atoms with Crippen LogP contribution in [0.1, 0.15) is 64.9 Å². The van der Waals surface area contributed by atoms with Crippen molar-refractivity contribution < 1.29 is 43.2 Å². The van der Waals surface area contributed by atoms with Gasteiger partial charge < -0.3 is 34.1 Å². The van der Waals surface area contributed by atoms with Crippen molar-refractivity contribution in [2.75, 3.05) is 34.7 Å². The number of hydrogen-bond acceptors (Lipinski definition) is 12. The number of rotatable bonds is 13. The molecule has 0 radical (unpaired) electrons. The summed E-state index contributed by atoms with van der Waals surface area (Å²) in [7, 11) is 5.88. The molecule has 2 heterocycles. The number of carbonyl (C=O) groups excluding carboxylic acids is 3. The van der Waals surface area contributed by atoms with Gasteiger partial charge in [-0.3, -0.25) is 19.5 Å². The summed E-state index contributed by atoms with van der Waals surface area (Å²) in [6, 6.07) is 15.1. The summed E-state index contributed by atoms with van der Waals surface area (Å²) >= 11 is 8.18. The molecule has 4 atom stereocenters. The maximum atomic E-state index is 14.5. The number of fused-ring (bicyclic) bond motifs is 1. The van der Waals surface area contributed by atoms with Gasteiger partial charge in [0.05, 0.1) is 21.3 Å². The minimum Gasteiger partial charge on any atom is -0.507 e. The van der Waals surface area contributed by atoms with E-state index in [9.17, 15) is 19.5 Å². The number of H-pyrrole nitrogens is 1. The van der Waals surface area contributed by atoms with E-state index in [0.29, 0.717) is 22.7 Å². The zero-order valence-electron chi connectivity index (χ0n) is 29.9. The lowest BCUT2D eigenvalue weighted by Crippen LogP contribution is -2.53. The van der Waals surface area contributed by atoms with Gasteiger partial charge in [-0.2, -0.15) is 5.10 Å². The SMILES string of the molecule is COCc1nc(C(NC(=O)CC(C2=C(O)[C@@]3(Oc4c(Cl)c(OC)cc(OC)c4C3=O)[C@H](C)CC2=O)c2ccc(SC)cc2)c2ccc(OC)cc2)n[nH]1. The number of nitrogens with zero attached hydrogens (tertiary/aromatic N) is 2. The van der Waals surface area contributed by atoms with Gasteiger partial charge in [-0.15, -0.1) is 11.8 Å². The summed E-state index contributed by atoms with van der Waals surface area (Å²) in [4.78, 5) is 48.3. The number of thioether (sulfide) groups is 1. The lowest BCUT2D eigenvalue weighted by atomic mass is 9.69. The number of aliphatic hydroxyl groups excluding tert-OH is 1. The van der Waals surface area contributed by atoms with Crippen LogP contribution in [0.2, 0.25) is 5.02 Å². The first-order valence-corrected chi connectivity index (χ1v) is 18.2. The predicted octanol–water partition coefficient (Wildman–Crippen LogP) is 6.17. The average molecular weight is 763 g/mol. The Hall–Kier alpha value is -5.05. The van der Waals surface area contributed by atoms with E-state index < -0.39 is 46.7 Å². The molecule has 53 heavy (non-hydrogen) atoms. The monoisotopic (exact) mass is 762 g/mol. The number of carbonyl (C=O) groups is 3. The van der Waals surface area contributed by atoms with Crippen LogP contribution in [0.15, 0.2) is 70.8 Å². The molecule has 4 aromatic rings. The molecule has 13 nitrogen and oxygen atoms in total. The number of Topliss-reactive ketones (excluding diaryl/α,β-unsaturated/α-hetero) is 2. The van der Waals surface area contributed by atoms with Crippen molar-refractivity contribution in [3.63, 3.8) is 0 Å². The van der Waals surface area contributed by atoms with E-state index in [1.54, 1.807) is 50.4 Å². The Bertz CT molecular complexity index is 2070. The fourth-order valence-corrected chi connectivity index (χ4v) is 7.57. The van der Waals surface area contributed by atoms with Crippen LogP contribution in [0, 0.1) is 5.92 Å². The standard InChI is InChI=1S/C38H39ClN4O9S/c1-19-15-25(44)30(35(46)38(19)36(47)31-26(50-4)17-27(51-5)32(39)34(31)52-38)24(20-9-13-23(53-6)14-10-20)16-29(45)41-33(21-7-11-22(49-3)12-8-21)37-40-28(18-48-2)42-43-37/h7-14,17,19,24,33,46H,15-16,18H2,1-6H3,(H,41,45)(H,40,42,43)/t19-,24?,33?,38+/m1/s1. The number of hydrogen-bond donors (Lipinski definition) is 3. The van der Waals surface area contributed by atoms with E-state index in [4.69, 9.17) is 35.3 Å². The largest absolute Gasteiger partial charge is 0.507 e. The van der Waals surface area contributed by atoms with Gasteiger partial charge in [0.2, 0.25) is 17.3 Å². The Balaban J connectivity index is 1.44. The molecule has 1 amide bonds. The van der Waals surface area contributed by atoms with Crippen LogP contribution >= 0.6 is 23.4 Å². The third-order valence-electron chi connectivity index (χ3n) is 9.61. The van der Waals surface area contributed by atoms with Crippen LogP contribution in [-0.4, -0.2) is 78.1 Å². The molecule has 3 aromatic carbocycles. The van der Waals surface area contributed by atoms with Crippen LogP contribution < -0.4 is 24.3 Å². The number of amides is 1. The number of ether oxygens (including phenoxy) is 5. The summed E-state index contributed by atoms with van der Waals surface area (Å²) in [5, 5.41) is 22.5. The second-order valence-electron chi connectivity index (χ2n) is 12.6. The molecule has 0 saturated carbocycles. The number of benzene rings is 3. The molecule has 1 aromatic heterocycles. The molecule has 2 unspecified atom stereocenters. The Morgan fingerprint density at radius 2 is 1.74 bits per heavy atom. The molecule has 0 bridgehead atoms. The first-order chi connectivity index (χ1) is 25.5. The number of ketones is 2. The molecule has 1 aliphatic heterocycles. The highest BCUT2D eigenvalue weighted by Gasteiger charge is 2.61. The zero-order valence-corrected chi connectivity index (χ0v) is 31.5. The first-order valence-electron chi connectivity index (χ1n) is 16.6. The molecule has 6 rings (SSSR count). The molecular formula is C38H39ClN4O9S. The fraction of sp³-hybridized carbons (Fsp3) is 0.342. The van der Waals surface area contributed by atoms with Gasteiger partial charge in [0.25, 0.3) is 0 Å². The van der Waals surface area contributed by atoms with Crippen molar-refractivity contribution >= 4 is 40.8 Å². The quantitative estimate of drug-likeness (QED) is 0.133. The Kier molecular flexibility index (Phi) is 11.0. The number of aromatic amines is 1. The van der Waals surface area contributed by atoms with Gasteiger partial charge in [-0.1, -0.05) is 42.8 Å². The molecule has 1 spiro atoms. The Morgan fingerprint density at radius 1 is 1.06 bits per heavy atom. The predicted molar refractivity (Wildman–Crippen MR) is 196 cm³/mol. The second-order valence-corrected chi connectivity index (χ2v) is 13.9. The van der Waals surface area contributed by atoms with Gasteiger partial charge in [0.1, 0.15) is 40.5 Å². The van der Waals surface area contributed by atoms with E-state index in [0.717, 1.165) is 4.90 Å². The van der Waals surface area contributed by atoms with E-state index in [-0.39, 0.29) is 58.7 Å². The number of aromatic nitrogens is 3. The molecular weight excluding hydrogens is 724 g/mol. The summed E-state index contributed by atoms with van der Waals surface area (Å²) in [5.74, 6) is -2.27. The molecule has 1 aliphatic carbocycles. The number of nitrogens with one attached hydrogen (secondary N) is 2. The Labute approximate surface area is 315 Å². The highest BCUT2D eigenvalue weighted by molar-refractivity contribution is 7.98. The highest BCUT2D eigenvalue weighted by atomic mass is 35.5. The average Bonchev–Trinajstić information content (AvgIpc) is 3.76. The highest BCUT2D eigenvalue weighted by Crippen LogP contribution is 2.55. The van der Waals surface area contributed by atoms with Gasteiger partial charge >= 0.3 is 0 Å². The summed E-state index contributed by atoms with van der Waals surface area (Å²) in [6.45, 7) is 1.82. The van der Waals surface area contributed by atoms with Crippen molar-refractivity contribution in [3.05, 3.63) is 99.3 Å². The smallest absolute Gasteiger partial charge is 0.231 e. The van der Waals surface area contributed by atoms with Gasteiger partial charge in [-0.25, -0.2) is 4.98 Å². The van der Waals surface area contributed by atoms with Crippen LogP contribution in [0.4, 0.5) is 0 Å². The third kappa shape index (κ3) is 6.82. The van der Waals surface area contributed by atoms with Crippen LogP contribution in [-0.2, 0) is 20.9 Å².